The Bertz CT molecular complexity index is 567. The lowest BCUT2D eigenvalue weighted by molar-refractivity contribution is 0.177. The third kappa shape index (κ3) is 4.45. The molecule has 3 rings (SSSR count). The number of piperidine rings is 1. The lowest BCUT2D eigenvalue weighted by Gasteiger charge is -2.32. The van der Waals surface area contributed by atoms with Crippen molar-refractivity contribution in [1.29, 1.82) is 0 Å². The highest BCUT2D eigenvalue weighted by Crippen LogP contribution is 2.35. The van der Waals surface area contributed by atoms with Crippen LogP contribution in [0.2, 0.25) is 0 Å². The van der Waals surface area contributed by atoms with E-state index in [9.17, 15) is 0 Å². The molecule has 1 atom stereocenters. The van der Waals surface area contributed by atoms with E-state index in [2.05, 4.69) is 38.9 Å². The Balaban J connectivity index is 1.60. The maximum Gasteiger partial charge on any atom is 0.320 e. The van der Waals surface area contributed by atoms with Crippen molar-refractivity contribution in [3.05, 3.63) is 0 Å². The normalized spacial score (nSPS) is 20.4. The molecular weight excluding hydrogens is 316 g/mol. The molecule has 0 aromatic carbocycles. The van der Waals surface area contributed by atoms with Crippen LogP contribution in [0.15, 0.2) is 0 Å². The molecule has 2 aliphatic rings. The smallest absolute Gasteiger partial charge is 0.320 e. The van der Waals surface area contributed by atoms with E-state index in [1.807, 2.05) is 0 Å². The second-order valence-electron chi connectivity index (χ2n) is 7.08. The van der Waals surface area contributed by atoms with Gasteiger partial charge in [0, 0.05) is 13.1 Å². The number of nitrogens with zero attached hydrogens (tertiary/aromatic N) is 4. The van der Waals surface area contributed by atoms with E-state index < -0.39 is 0 Å². The molecule has 0 saturated carbocycles. The average molecular weight is 348 g/mol. The summed E-state index contributed by atoms with van der Waals surface area (Å²) in [7, 11) is 0. The number of ether oxygens (including phenoxy) is 1. The summed E-state index contributed by atoms with van der Waals surface area (Å²) in [5.74, 6) is 2.15. The molecule has 1 unspecified atom stereocenters. The van der Waals surface area contributed by atoms with Crippen molar-refractivity contribution in [1.82, 2.24) is 14.9 Å². The van der Waals surface area contributed by atoms with Crippen molar-refractivity contribution in [3.8, 4) is 6.01 Å². The molecule has 1 aromatic rings. The van der Waals surface area contributed by atoms with Crippen LogP contribution in [-0.2, 0) is 0 Å². The molecule has 0 amide bonds. The fourth-order valence-corrected chi connectivity index (χ4v) is 3.66. The Hall–Kier alpha value is -1.76. The number of rotatable bonds is 8. The molecule has 1 aromatic heterocycles. The third-order valence-electron chi connectivity index (χ3n) is 5.23. The van der Waals surface area contributed by atoms with Crippen LogP contribution in [0, 0.1) is 5.92 Å². The molecule has 7 nitrogen and oxygen atoms in total. The number of nitrogen functional groups attached to an aromatic ring is 1. The molecule has 7 heteroatoms. The minimum absolute atomic E-state index is 0.397. The molecule has 1 saturated heterocycles. The molecule has 0 bridgehead atoms. The Morgan fingerprint density at radius 3 is 3.00 bits per heavy atom. The summed E-state index contributed by atoms with van der Waals surface area (Å²) < 4.78 is 5.66. The highest BCUT2D eigenvalue weighted by Gasteiger charge is 2.26. The average Bonchev–Trinajstić information content (AvgIpc) is 3.04. The molecule has 1 fully saturated rings. The SMILES string of the molecule is CCCCOc1nc(N)c2c(n1)N(CCC1CCCN(CC)C1)CN2. The van der Waals surface area contributed by atoms with Gasteiger partial charge in [0.25, 0.3) is 0 Å². The van der Waals surface area contributed by atoms with Crippen LogP contribution < -0.4 is 20.7 Å². The molecule has 0 aliphatic carbocycles. The zero-order chi connectivity index (χ0) is 17.6. The van der Waals surface area contributed by atoms with E-state index in [4.69, 9.17) is 10.5 Å². The monoisotopic (exact) mass is 348 g/mol. The lowest BCUT2D eigenvalue weighted by atomic mass is 9.94. The zero-order valence-corrected chi connectivity index (χ0v) is 15.6. The zero-order valence-electron chi connectivity index (χ0n) is 15.6. The molecular formula is C18H32N6O. The van der Waals surface area contributed by atoms with Gasteiger partial charge in [-0.1, -0.05) is 20.3 Å². The number of unbranched alkanes of at least 4 members (excludes halogenated alkanes) is 1. The predicted molar refractivity (Wildman–Crippen MR) is 102 cm³/mol. The van der Waals surface area contributed by atoms with E-state index in [1.54, 1.807) is 0 Å². The Labute approximate surface area is 150 Å². The standard InChI is InChI=1S/C18H32N6O/c1-3-5-11-25-18-21-16(19)15-17(22-18)24(13-20-15)10-8-14-7-6-9-23(4-2)12-14/h14,20H,3-13H2,1-2H3,(H2,19,21,22). The molecule has 140 valence electrons. The Morgan fingerprint density at radius 1 is 1.32 bits per heavy atom. The molecule has 2 aliphatic heterocycles. The van der Waals surface area contributed by atoms with E-state index in [0.29, 0.717) is 18.4 Å². The summed E-state index contributed by atoms with van der Waals surface area (Å²) in [6, 6.07) is 0.397. The number of aromatic nitrogens is 2. The first-order chi connectivity index (χ1) is 12.2. The van der Waals surface area contributed by atoms with Crippen LogP contribution >= 0.6 is 0 Å². The van der Waals surface area contributed by atoms with E-state index in [1.165, 1.54) is 32.4 Å². The maximum absolute atomic E-state index is 6.09. The van der Waals surface area contributed by atoms with Crippen molar-refractivity contribution >= 4 is 17.3 Å². The van der Waals surface area contributed by atoms with E-state index in [-0.39, 0.29) is 0 Å². The van der Waals surface area contributed by atoms with Crippen LogP contribution in [0.1, 0.15) is 46.0 Å². The first-order valence-corrected chi connectivity index (χ1v) is 9.72. The number of anilines is 3. The summed E-state index contributed by atoms with van der Waals surface area (Å²) in [6.45, 7) is 10.4. The fourth-order valence-electron chi connectivity index (χ4n) is 3.66. The van der Waals surface area contributed by atoms with Gasteiger partial charge >= 0.3 is 6.01 Å². The van der Waals surface area contributed by atoms with Gasteiger partial charge in [-0.25, -0.2) is 0 Å². The number of nitrogens with two attached hydrogens (primary N) is 1. The largest absolute Gasteiger partial charge is 0.463 e. The highest BCUT2D eigenvalue weighted by molar-refractivity contribution is 5.80. The molecule has 0 spiro atoms. The minimum Gasteiger partial charge on any atom is -0.463 e. The van der Waals surface area contributed by atoms with Crippen molar-refractivity contribution in [3.63, 3.8) is 0 Å². The van der Waals surface area contributed by atoms with Gasteiger partial charge in [-0.05, 0) is 44.7 Å². The fraction of sp³-hybridized carbons (Fsp3) is 0.778. The van der Waals surface area contributed by atoms with E-state index in [0.717, 1.165) is 50.0 Å². The quantitative estimate of drug-likeness (QED) is 0.699. The summed E-state index contributed by atoms with van der Waals surface area (Å²) >= 11 is 0. The summed E-state index contributed by atoms with van der Waals surface area (Å²) in [5.41, 5.74) is 6.94. The molecule has 0 radical (unpaired) electrons. The van der Waals surface area contributed by atoms with Gasteiger partial charge in [-0.3, -0.25) is 0 Å². The molecule has 3 N–H and O–H groups in total. The summed E-state index contributed by atoms with van der Waals surface area (Å²) in [6.07, 6.45) is 5.93. The van der Waals surface area contributed by atoms with Gasteiger partial charge in [0.15, 0.2) is 11.6 Å². The van der Waals surface area contributed by atoms with Crippen LogP contribution in [0.25, 0.3) is 0 Å². The van der Waals surface area contributed by atoms with Crippen molar-refractivity contribution in [2.45, 2.75) is 46.0 Å². The first-order valence-electron chi connectivity index (χ1n) is 9.72. The molecule has 3 heterocycles. The maximum atomic E-state index is 6.09. The second kappa shape index (κ2) is 8.56. The van der Waals surface area contributed by atoms with Gasteiger partial charge < -0.3 is 25.6 Å². The van der Waals surface area contributed by atoms with Crippen LogP contribution in [0.3, 0.4) is 0 Å². The number of likely N-dealkylation sites (tertiary alicyclic amines) is 1. The van der Waals surface area contributed by atoms with E-state index >= 15 is 0 Å². The number of nitrogens with one attached hydrogen (secondary N) is 1. The Kier molecular flexibility index (Phi) is 6.18. The summed E-state index contributed by atoms with van der Waals surface area (Å²) in [4.78, 5) is 13.7. The third-order valence-corrected chi connectivity index (χ3v) is 5.23. The Morgan fingerprint density at radius 2 is 2.20 bits per heavy atom. The minimum atomic E-state index is 0.397. The van der Waals surface area contributed by atoms with Gasteiger partial charge in [-0.15, -0.1) is 0 Å². The number of hydrogen-bond acceptors (Lipinski definition) is 7. The van der Waals surface area contributed by atoms with Crippen molar-refractivity contribution in [2.75, 3.05) is 55.4 Å². The van der Waals surface area contributed by atoms with Crippen LogP contribution in [0.5, 0.6) is 6.01 Å². The van der Waals surface area contributed by atoms with Crippen molar-refractivity contribution in [2.24, 2.45) is 5.92 Å². The number of hydrogen-bond donors (Lipinski definition) is 2. The lowest BCUT2D eigenvalue weighted by Crippen LogP contribution is -2.37. The number of fused-ring (bicyclic) bond motifs is 1. The van der Waals surface area contributed by atoms with Crippen LogP contribution in [0.4, 0.5) is 17.3 Å². The topological polar surface area (TPSA) is 79.5 Å². The van der Waals surface area contributed by atoms with Gasteiger partial charge in [0.05, 0.1) is 13.3 Å². The predicted octanol–water partition coefficient (Wildman–Crippen LogP) is 2.55. The highest BCUT2D eigenvalue weighted by atomic mass is 16.5. The molecule has 25 heavy (non-hydrogen) atoms. The van der Waals surface area contributed by atoms with Gasteiger partial charge in [0.2, 0.25) is 0 Å². The van der Waals surface area contributed by atoms with Crippen molar-refractivity contribution < 1.29 is 4.74 Å². The van der Waals surface area contributed by atoms with Gasteiger partial charge in [0.1, 0.15) is 5.69 Å². The first kappa shape index (κ1) is 18.0. The second-order valence-corrected chi connectivity index (χ2v) is 7.08. The summed E-state index contributed by atoms with van der Waals surface area (Å²) in [5, 5.41) is 3.33. The van der Waals surface area contributed by atoms with Gasteiger partial charge in [-0.2, -0.15) is 9.97 Å². The van der Waals surface area contributed by atoms with Crippen LogP contribution in [-0.4, -0.2) is 54.3 Å².